The van der Waals surface area contributed by atoms with Crippen molar-refractivity contribution < 1.29 is 13.9 Å². The summed E-state index contributed by atoms with van der Waals surface area (Å²) in [6.45, 7) is 2.26. The lowest BCUT2D eigenvalue weighted by Crippen LogP contribution is -2.30. The summed E-state index contributed by atoms with van der Waals surface area (Å²) in [5, 5.41) is 4.56. The Bertz CT molecular complexity index is 912. The Labute approximate surface area is 165 Å². The number of ether oxygens (including phenoxy) is 1. The number of carbonyl (C=O) groups excluding carboxylic acids is 1. The topological polar surface area (TPSA) is 51.2 Å². The van der Waals surface area contributed by atoms with E-state index in [-0.39, 0.29) is 17.0 Å². The van der Waals surface area contributed by atoms with Crippen LogP contribution in [0.1, 0.15) is 12.5 Å². The van der Waals surface area contributed by atoms with Crippen LogP contribution in [0.15, 0.2) is 58.3 Å². The number of halogens is 1. The number of nitrogens with zero attached hydrogens (tertiary/aromatic N) is 1. The molecule has 0 saturated carbocycles. The molecule has 0 saturated heterocycles. The molecule has 0 aliphatic rings. The molecular formula is C20H19FN2O2S2. The largest absolute Gasteiger partial charge is 0.496 e. The SMILES string of the molecule is COc1ccccc1CNC(=O)C(C)Sc1nc(-c2ccc(F)cc2)cs1. The highest BCUT2D eigenvalue weighted by Gasteiger charge is 2.17. The summed E-state index contributed by atoms with van der Waals surface area (Å²) in [6.07, 6.45) is 0. The second-order valence-corrected chi connectivity index (χ2v) is 8.24. The Kier molecular flexibility index (Phi) is 6.47. The van der Waals surface area contributed by atoms with Gasteiger partial charge < -0.3 is 10.1 Å². The quantitative estimate of drug-likeness (QED) is 0.579. The summed E-state index contributed by atoms with van der Waals surface area (Å²) in [7, 11) is 1.61. The Morgan fingerprint density at radius 3 is 2.74 bits per heavy atom. The van der Waals surface area contributed by atoms with E-state index in [9.17, 15) is 9.18 Å². The van der Waals surface area contributed by atoms with Crippen LogP contribution in [0.3, 0.4) is 0 Å². The average Bonchev–Trinajstić information content (AvgIpc) is 3.15. The van der Waals surface area contributed by atoms with E-state index in [1.807, 2.05) is 36.6 Å². The van der Waals surface area contributed by atoms with Crippen LogP contribution >= 0.6 is 23.1 Å². The molecule has 1 heterocycles. The second kappa shape index (κ2) is 9.01. The van der Waals surface area contributed by atoms with Crippen molar-refractivity contribution in [1.82, 2.24) is 10.3 Å². The third-order valence-corrected chi connectivity index (χ3v) is 5.99. The van der Waals surface area contributed by atoms with E-state index >= 15 is 0 Å². The molecule has 2 aromatic carbocycles. The number of nitrogens with one attached hydrogen (secondary N) is 1. The molecule has 0 bridgehead atoms. The van der Waals surface area contributed by atoms with Gasteiger partial charge in [-0.25, -0.2) is 9.37 Å². The maximum absolute atomic E-state index is 13.0. The Hall–Kier alpha value is -2.38. The number of carbonyl (C=O) groups is 1. The Morgan fingerprint density at radius 2 is 2.00 bits per heavy atom. The van der Waals surface area contributed by atoms with Gasteiger partial charge in [-0.1, -0.05) is 30.0 Å². The minimum Gasteiger partial charge on any atom is -0.496 e. The van der Waals surface area contributed by atoms with Gasteiger partial charge in [0.15, 0.2) is 4.34 Å². The lowest BCUT2D eigenvalue weighted by molar-refractivity contribution is -0.120. The summed E-state index contributed by atoms with van der Waals surface area (Å²) in [6, 6.07) is 13.8. The van der Waals surface area contributed by atoms with Gasteiger partial charge in [-0.2, -0.15) is 0 Å². The third kappa shape index (κ3) is 5.08. The van der Waals surface area contributed by atoms with E-state index < -0.39 is 0 Å². The van der Waals surface area contributed by atoms with Crippen LogP contribution in [0.25, 0.3) is 11.3 Å². The molecule has 27 heavy (non-hydrogen) atoms. The average molecular weight is 403 g/mol. The van der Waals surface area contributed by atoms with Crippen LogP contribution in [0.2, 0.25) is 0 Å². The van der Waals surface area contributed by atoms with Crippen molar-refractivity contribution >= 4 is 29.0 Å². The number of methoxy groups -OCH3 is 1. The number of para-hydroxylation sites is 1. The van der Waals surface area contributed by atoms with Crippen LogP contribution in [0.4, 0.5) is 4.39 Å². The number of hydrogen-bond acceptors (Lipinski definition) is 5. The zero-order valence-electron chi connectivity index (χ0n) is 14.9. The van der Waals surface area contributed by atoms with Crippen LogP contribution in [-0.4, -0.2) is 23.3 Å². The molecule has 3 aromatic rings. The molecule has 1 atom stereocenters. The number of rotatable bonds is 7. The van der Waals surface area contributed by atoms with Crippen molar-refractivity contribution in [3.05, 3.63) is 65.3 Å². The van der Waals surface area contributed by atoms with Gasteiger partial charge in [0.05, 0.1) is 18.1 Å². The van der Waals surface area contributed by atoms with E-state index in [1.165, 1.54) is 35.2 Å². The number of thiazole rings is 1. The second-order valence-electron chi connectivity index (χ2n) is 5.80. The number of amides is 1. The molecular weight excluding hydrogens is 383 g/mol. The van der Waals surface area contributed by atoms with Gasteiger partial charge in [0.1, 0.15) is 11.6 Å². The predicted molar refractivity (Wildman–Crippen MR) is 108 cm³/mol. The fourth-order valence-corrected chi connectivity index (χ4v) is 4.44. The normalized spacial score (nSPS) is 11.8. The first-order valence-corrected chi connectivity index (χ1v) is 10.1. The fraction of sp³-hybridized carbons (Fsp3) is 0.200. The molecule has 0 radical (unpaired) electrons. The first-order valence-electron chi connectivity index (χ1n) is 8.34. The number of benzene rings is 2. The number of aromatic nitrogens is 1. The van der Waals surface area contributed by atoms with Crippen molar-refractivity contribution in [2.75, 3.05) is 7.11 Å². The Balaban J connectivity index is 1.57. The van der Waals surface area contributed by atoms with Gasteiger partial charge >= 0.3 is 0 Å². The van der Waals surface area contributed by atoms with E-state index in [1.54, 1.807) is 19.2 Å². The zero-order chi connectivity index (χ0) is 19.2. The van der Waals surface area contributed by atoms with Gasteiger partial charge in [-0.05, 0) is 37.3 Å². The van der Waals surface area contributed by atoms with Gasteiger partial charge in [-0.3, -0.25) is 4.79 Å². The van der Waals surface area contributed by atoms with Crippen molar-refractivity contribution in [3.63, 3.8) is 0 Å². The molecule has 1 amide bonds. The summed E-state index contributed by atoms with van der Waals surface area (Å²) in [5.74, 6) is 0.412. The molecule has 0 aliphatic carbocycles. The first kappa shape index (κ1) is 19.4. The lowest BCUT2D eigenvalue weighted by Gasteiger charge is -2.12. The van der Waals surface area contributed by atoms with Gasteiger partial charge in [0, 0.05) is 23.1 Å². The summed E-state index contributed by atoms with van der Waals surface area (Å²) < 4.78 is 19.1. The molecule has 1 N–H and O–H groups in total. The minimum absolute atomic E-state index is 0.0653. The molecule has 0 fully saturated rings. The van der Waals surface area contributed by atoms with Crippen LogP contribution < -0.4 is 10.1 Å². The van der Waals surface area contributed by atoms with Gasteiger partial charge in [-0.15, -0.1) is 11.3 Å². The van der Waals surface area contributed by atoms with E-state index in [0.29, 0.717) is 6.54 Å². The highest BCUT2D eigenvalue weighted by molar-refractivity contribution is 8.02. The minimum atomic E-state index is -0.285. The maximum atomic E-state index is 13.0. The first-order chi connectivity index (χ1) is 13.1. The fourth-order valence-electron chi connectivity index (χ4n) is 2.44. The maximum Gasteiger partial charge on any atom is 0.233 e. The number of hydrogen-bond donors (Lipinski definition) is 1. The van der Waals surface area contributed by atoms with Crippen molar-refractivity contribution in [2.24, 2.45) is 0 Å². The lowest BCUT2D eigenvalue weighted by atomic mass is 10.2. The van der Waals surface area contributed by atoms with Crippen molar-refractivity contribution in [3.8, 4) is 17.0 Å². The summed E-state index contributed by atoms with van der Waals surface area (Å²) in [4.78, 5) is 16.9. The summed E-state index contributed by atoms with van der Waals surface area (Å²) >= 11 is 2.88. The van der Waals surface area contributed by atoms with Gasteiger partial charge in [0.2, 0.25) is 5.91 Å². The smallest absolute Gasteiger partial charge is 0.233 e. The highest BCUT2D eigenvalue weighted by atomic mass is 32.2. The zero-order valence-corrected chi connectivity index (χ0v) is 16.6. The molecule has 140 valence electrons. The molecule has 4 nitrogen and oxygen atoms in total. The predicted octanol–water partition coefficient (Wildman–Crippen LogP) is 4.75. The molecule has 3 rings (SSSR count). The highest BCUT2D eigenvalue weighted by Crippen LogP contribution is 2.31. The molecule has 0 aliphatic heterocycles. The number of thioether (sulfide) groups is 1. The molecule has 1 unspecified atom stereocenters. The summed E-state index contributed by atoms with van der Waals surface area (Å²) in [5.41, 5.74) is 2.57. The van der Waals surface area contributed by atoms with E-state index in [2.05, 4.69) is 10.3 Å². The monoisotopic (exact) mass is 402 g/mol. The van der Waals surface area contributed by atoms with Crippen molar-refractivity contribution in [1.29, 1.82) is 0 Å². The standard InChI is InChI=1S/C20H19FN2O2S2/c1-13(19(24)22-11-15-5-3-4-6-18(15)25-2)27-20-23-17(12-26-20)14-7-9-16(21)10-8-14/h3-10,12-13H,11H2,1-2H3,(H,22,24). The molecule has 1 aromatic heterocycles. The van der Waals surface area contributed by atoms with Crippen LogP contribution in [-0.2, 0) is 11.3 Å². The van der Waals surface area contributed by atoms with Gasteiger partial charge in [0.25, 0.3) is 0 Å². The molecule has 7 heteroatoms. The van der Waals surface area contributed by atoms with E-state index in [4.69, 9.17) is 4.74 Å². The van der Waals surface area contributed by atoms with Crippen LogP contribution in [0, 0.1) is 5.82 Å². The van der Waals surface area contributed by atoms with Crippen LogP contribution in [0.5, 0.6) is 5.75 Å². The molecule has 0 spiro atoms. The van der Waals surface area contributed by atoms with Crippen molar-refractivity contribution in [2.45, 2.75) is 23.1 Å². The van der Waals surface area contributed by atoms with E-state index in [0.717, 1.165) is 26.9 Å². The Morgan fingerprint density at radius 1 is 1.26 bits per heavy atom. The third-order valence-electron chi connectivity index (χ3n) is 3.92.